The summed E-state index contributed by atoms with van der Waals surface area (Å²) in [5.41, 5.74) is 2.12. The van der Waals surface area contributed by atoms with E-state index in [2.05, 4.69) is 15.5 Å². The fourth-order valence-electron chi connectivity index (χ4n) is 3.10. The van der Waals surface area contributed by atoms with Crippen LogP contribution < -0.4 is 16.0 Å². The topological polar surface area (TPSA) is 142 Å². The van der Waals surface area contributed by atoms with Crippen molar-refractivity contribution >= 4 is 15.9 Å². The Balaban J connectivity index is 1.67. The van der Waals surface area contributed by atoms with Crippen LogP contribution in [0.4, 0.5) is 0 Å². The summed E-state index contributed by atoms with van der Waals surface area (Å²) in [6.07, 6.45) is 0.484. The Hall–Kier alpha value is -3.31. The molecule has 0 aliphatic rings. The van der Waals surface area contributed by atoms with Gasteiger partial charge in [0.15, 0.2) is 5.82 Å². The SMILES string of the molecule is Cc1cc(C)n(-c2ccc(=O)n(C(C)C(=O)NCCc3ccc(S(N)(=O)=O)cc3)n2)n1. The van der Waals surface area contributed by atoms with Crippen LogP contribution in [0.2, 0.25) is 0 Å². The van der Waals surface area contributed by atoms with Crippen molar-refractivity contribution in [1.82, 2.24) is 24.9 Å². The highest BCUT2D eigenvalue weighted by molar-refractivity contribution is 7.89. The average molecular weight is 445 g/mol. The zero-order valence-electron chi connectivity index (χ0n) is 17.4. The van der Waals surface area contributed by atoms with E-state index in [-0.39, 0.29) is 10.8 Å². The lowest BCUT2D eigenvalue weighted by Crippen LogP contribution is -2.38. The number of nitrogens with two attached hydrogens (primary N) is 1. The number of rotatable bonds is 7. The van der Waals surface area contributed by atoms with Crippen LogP contribution in [-0.2, 0) is 21.2 Å². The molecule has 3 rings (SSSR count). The molecule has 3 aromatic rings. The number of benzene rings is 1. The van der Waals surface area contributed by atoms with Crippen molar-refractivity contribution in [3.05, 3.63) is 69.8 Å². The molecule has 0 saturated carbocycles. The van der Waals surface area contributed by atoms with Crippen LogP contribution in [0.1, 0.15) is 29.9 Å². The van der Waals surface area contributed by atoms with E-state index in [9.17, 15) is 18.0 Å². The minimum Gasteiger partial charge on any atom is -0.354 e. The highest BCUT2D eigenvalue weighted by atomic mass is 32.2. The lowest BCUT2D eigenvalue weighted by molar-refractivity contribution is -0.124. The summed E-state index contributed by atoms with van der Waals surface area (Å²) in [7, 11) is -3.74. The Kier molecular flexibility index (Phi) is 6.37. The highest BCUT2D eigenvalue weighted by Gasteiger charge is 2.18. The molecule has 0 fully saturated rings. The molecule has 3 N–H and O–H groups in total. The van der Waals surface area contributed by atoms with Crippen LogP contribution in [0.5, 0.6) is 0 Å². The van der Waals surface area contributed by atoms with E-state index in [0.717, 1.165) is 21.6 Å². The monoisotopic (exact) mass is 444 g/mol. The molecule has 31 heavy (non-hydrogen) atoms. The van der Waals surface area contributed by atoms with E-state index in [1.165, 1.54) is 18.2 Å². The summed E-state index contributed by atoms with van der Waals surface area (Å²) in [5, 5.41) is 16.5. The third-order valence-electron chi connectivity index (χ3n) is 4.75. The fraction of sp³-hybridized carbons (Fsp3) is 0.300. The molecule has 2 aromatic heterocycles. The Labute approximate surface area is 179 Å². The summed E-state index contributed by atoms with van der Waals surface area (Å²) < 4.78 is 25.3. The largest absolute Gasteiger partial charge is 0.354 e. The molecule has 0 radical (unpaired) electrons. The first kappa shape index (κ1) is 22.4. The van der Waals surface area contributed by atoms with Crippen molar-refractivity contribution in [1.29, 1.82) is 0 Å². The summed E-state index contributed by atoms with van der Waals surface area (Å²) >= 11 is 0. The molecule has 0 aliphatic heterocycles. The van der Waals surface area contributed by atoms with Crippen molar-refractivity contribution < 1.29 is 13.2 Å². The number of nitrogens with one attached hydrogen (secondary N) is 1. The minimum atomic E-state index is -3.74. The van der Waals surface area contributed by atoms with Gasteiger partial charge in [0, 0.05) is 18.3 Å². The minimum absolute atomic E-state index is 0.0295. The molecule has 11 heteroatoms. The molecule has 0 spiro atoms. The van der Waals surface area contributed by atoms with Crippen molar-refractivity contribution in [2.75, 3.05) is 6.54 Å². The van der Waals surface area contributed by atoms with Gasteiger partial charge >= 0.3 is 0 Å². The second-order valence-electron chi connectivity index (χ2n) is 7.22. The van der Waals surface area contributed by atoms with E-state index in [0.29, 0.717) is 18.8 Å². The maximum atomic E-state index is 12.6. The number of aryl methyl sites for hydroxylation is 2. The van der Waals surface area contributed by atoms with E-state index in [1.54, 1.807) is 29.8 Å². The van der Waals surface area contributed by atoms with Crippen LogP contribution >= 0.6 is 0 Å². The standard InChI is InChI=1S/C20H24N6O4S/c1-13-12-14(2)25(23-13)18-8-9-19(27)26(24-18)15(3)20(28)22-11-10-16-4-6-17(7-5-16)31(21,29)30/h4-9,12,15H,10-11H2,1-3H3,(H,22,28)(H2,21,29,30). The van der Waals surface area contributed by atoms with Crippen LogP contribution in [0.25, 0.3) is 5.82 Å². The summed E-state index contributed by atoms with van der Waals surface area (Å²) in [4.78, 5) is 24.9. The van der Waals surface area contributed by atoms with E-state index in [1.807, 2.05) is 19.9 Å². The van der Waals surface area contributed by atoms with Gasteiger partial charge in [-0.15, -0.1) is 5.10 Å². The van der Waals surface area contributed by atoms with Crippen molar-refractivity contribution in [2.24, 2.45) is 5.14 Å². The van der Waals surface area contributed by atoms with Gasteiger partial charge in [-0.2, -0.15) is 5.10 Å². The van der Waals surface area contributed by atoms with Gasteiger partial charge in [-0.1, -0.05) is 12.1 Å². The number of sulfonamides is 1. The number of carbonyl (C=O) groups is 1. The molecular formula is C20H24N6O4S. The van der Waals surface area contributed by atoms with Crippen LogP contribution in [-0.4, -0.2) is 40.4 Å². The van der Waals surface area contributed by atoms with Gasteiger partial charge < -0.3 is 5.32 Å². The lowest BCUT2D eigenvalue weighted by Gasteiger charge is -2.15. The van der Waals surface area contributed by atoms with Gasteiger partial charge in [-0.25, -0.2) is 22.9 Å². The molecule has 164 valence electrons. The quantitative estimate of drug-likeness (QED) is 0.547. The molecule has 1 aromatic carbocycles. The molecule has 10 nitrogen and oxygen atoms in total. The molecule has 1 unspecified atom stereocenters. The maximum absolute atomic E-state index is 12.6. The Morgan fingerprint density at radius 1 is 1.13 bits per heavy atom. The normalized spacial score (nSPS) is 12.5. The summed E-state index contributed by atoms with van der Waals surface area (Å²) in [6.45, 7) is 5.64. The zero-order valence-corrected chi connectivity index (χ0v) is 18.3. The van der Waals surface area contributed by atoms with Gasteiger partial charge in [0.25, 0.3) is 5.56 Å². The maximum Gasteiger partial charge on any atom is 0.267 e. The first-order valence-corrected chi connectivity index (χ1v) is 11.1. The molecule has 2 heterocycles. The van der Waals surface area contributed by atoms with Gasteiger partial charge in [0.2, 0.25) is 15.9 Å². The second kappa shape index (κ2) is 8.82. The molecule has 1 atom stereocenters. The first-order chi connectivity index (χ1) is 14.6. The number of amides is 1. The summed E-state index contributed by atoms with van der Waals surface area (Å²) in [6, 6.07) is 10.1. The smallest absolute Gasteiger partial charge is 0.267 e. The number of hydrogen-bond donors (Lipinski definition) is 2. The first-order valence-electron chi connectivity index (χ1n) is 9.59. The van der Waals surface area contributed by atoms with Crippen LogP contribution in [0.3, 0.4) is 0 Å². The number of aromatic nitrogens is 4. The second-order valence-corrected chi connectivity index (χ2v) is 8.78. The number of hydrogen-bond acceptors (Lipinski definition) is 6. The average Bonchev–Trinajstić information content (AvgIpc) is 3.05. The van der Waals surface area contributed by atoms with Crippen molar-refractivity contribution in [3.63, 3.8) is 0 Å². The lowest BCUT2D eigenvalue weighted by atomic mass is 10.1. The molecule has 0 bridgehead atoms. The van der Waals surface area contributed by atoms with Gasteiger partial charge in [0.1, 0.15) is 6.04 Å². The Bertz CT molecular complexity index is 1260. The zero-order chi connectivity index (χ0) is 22.8. The number of carbonyl (C=O) groups excluding carboxylic acids is 1. The molecule has 0 saturated heterocycles. The van der Waals surface area contributed by atoms with Gasteiger partial charge in [-0.05, 0) is 57.0 Å². The Morgan fingerprint density at radius 2 is 1.81 bits per heavy atom. The van der Waals surface area contributed by atoms with Crippen molar-refractivity contribution in [3.8, 4) is 5.82 Å². The van der Waals surface area contributed by atoms with Gasteiger partial charge in [0.05, 0.1) is 10.6 Å². The third-order valence-corrected chi connectivity index (χ3v) is 5.68. The predicted molar refractivity (Wildman–Crippen MR) is 114 cm³/mol. The van der Waals surface area contributed by atoms with Gasteiger partial charge in [-0.3, -0.25) is 9.59 Å². The molecule has 1 amide bonds. The Morgan fingerprint density at radius 3 is 2.39 bits per heavy atom. The molecule has 0 aliphatic carbocycles. The predicted octanol–water partition coefficient (Wildman–Crippen LogP) is 0.613. The van der Waals surface area contributed by atoms with E-state index in [4.69, 9.17) is 5.14 Å². The number of primary sulfonamides is 1. The van der Waals surface area contributed by atoms with Crippen LogP contribution in [0, 0.1) is 13.8 Å². The van der Waals surface area contributed by atoms with Crippen molar-refractivity contribution in [2.45, 2.75) is 38.1 Å². The fourth-order valence-corrected chi connectivity index (χ4v) is 3.62. The summed E-state index contributed by atoms with van der Waals surface area (Å²) in [5.74, 6) is 0.0843. The van der Waals surface area contributed by atoms with E-state index < -0.39 is 21.6 Å². The van der Waals surface area contributed by atoms with E-state index >= 15 is 0 Å². The number of nitrogens with zero attached hydrogens (tertiary/aromatic N) is 4. The highest BCUT2D eigenvalue weighted by Crippen LogP contribution is 2.11. The van der Waals surface area contributed by atoms with Crippen LogP contribution in [0.15, 0.2) is 52.2 Å². The third kappa shape index (κ3) is 5.25. The molecular weight excluding hydrogens is 420 g/mol.